The van der Waals surface area contributed by atoms with Crippen molar-refractivity contribution in [2.24, 2.45) is 5.92 Å². The normalized spacial score (nSPS) is 20.8. The Kier molecular flexibility index (Phi) is 7.15. The first kappa shape index (κ1) is 29.6. The van der Waals surface area contributed by atoms with Crippen LogP contribution in [0, 0.1) is 40.5 Å². The molecule has 7 rings (SSSR count). The number of nitrogens with one attached hydrogen (secondary N) is 1. The second kappa shape index (κ2) is 11.6. The number of para-hydroxylation sites is 1. The lowest BCUT2D eigenvalue weighted by atomic mass is 9.76. The van der Waals surface area contributed by atoms with E-state index in [1.165, 1.54) is 5.56 Å². The summed E-state index contributed by atoms with van der Waals surface area (Å²) in [4.78, 5) is 35.5. The van der Waals surface area contributed by atoms with Gasteiger partial charge in [-0.15, -0.1) is 0 Å². The smallest absolute Gasteiger partial charge is 0.259 e. The number of imide groups is 1. The summed E-state index contributed by atoms with van der Waals surface area (Å²) in [7, 11) is 0. The predicted octanol–water partition coefficient (Wildman–Crippen LogP) is 7.98. The maximum absolute atomic E-state index is 14.1. The van der Waals surface area contributed by atoms with Crippen molar-refractivity contribution in [3.8, 4) is 0 Å². The van der Waals surface area contributed by atoms with Gasteiger partial charge < -0.3 is 9.13 Å². The summed E-state index contributed by atoms with van der Waals surface area (Å²) in [5.74, 6) is -1.21. The highest BCUT2D eigenvalue weighted by atomic mass is 16.2. The first-order valence-electron chi connectivity index (χ1n) is 18.1. The van der Waals surface area contributed by atoms with Gasteiger partial charge in [0.2, 0.25) is 0 Å². The van der Waals surface area contributed by atoms with Gasteiger partial charge in [0, 0.05) is 81.7 Å². The summed E-state index contributed by atoms with van der Waals surface area (Å²) < 4.78 is 22.8. The Hall–Kier alpha value is -4.49. The van der Waals surface area contributed by atoms with Crippen LogP contribution in [0.25, 0.3) is 33.0 Å². The van der Waals surface area contributed by atoms with Crippen LogP contribution in [-0.2, 0) is 22.7 Å². The van der Waals surface area contributed by atoms with Crippen molar-refractivity contribution in [2.75, 3.05) is 6.54 Å². The number of hydrogen-bond donors (Lipinski definition) is 1. The Morgan fingerprint density at radius 1 is 0.938 bits per heavy atom. The third kappa shape index (κ3) is 4.85. The molecule has 48 heavy (non-hydrogen) atoms. The molecule has 2 aliphatic heterocycles. The van der Waals surface area contributed by atoms with Crippen molar-refractivity contribution in [1.29, 1.82) is 0 Å². The molecule has 1 N–H and O–H groups in total. The number of fused-ring (bicyclic) bond motifs is 2. The molecule has 2 amide bonds. The molecule has 248 valence electrons. The Bertz CT molecular complexity index is 2280. The van der Waals surface area contributed by atoms with Gasteiger partial charge in [0.15, 0.2) is 1.41 Å². The fourth-order valence-corrected chi connectivity index (χ4v) is 8.12. The van der Waals surface area contributed by atoms with Crippen LogP contribution < -0.4 is 5.31 Å². The van der Waals surface area contributed by atoms with Crippen LogP contribution in [0.1, 0.15) is 86.4 Å². The topological polar surface area (TPSA) is 72.2 Å². The zero-order valence-corrected chi connectivity index (χ0v) is 29.7. The molecule has 5 heterocycles. The number of amides is 2. The van der Waals surface area contributed by atoms with Crippen molar-refractivity contribution in [2.45, 2.75) is 93.4 Å². The van der Waals surface area contributed by atoms with E-state index in [9.17, 15) is 11.0 Å². The molecule has 2 aliphatic rings. The van der Waals surface area contributed by atoms with Crippen molar-refractivity contribution < 1.29 is 12.4 Å². The van der Waals surface area contributed by atoms with Gasteiger partial charge in [0.05, 0.1) is 18.2 Å². The minimum atomic E-state index is -0.687. The second-order valence-electron chi connectivity index (χ2n) is 14.4. The van der Waals surface area contributed by atoms with E-state index in [1.54, 1.807) is 0 Å². The lowest BCUT2D eigenvalue weighted by molar-refractivity contribution is -0.122. The number of carbonyl (C=O) groups excluding carboxylic acids is 2. The average molecular weight is 644 g/mol. The zero-order valence-electron chi connectivity index (χ0n) is 31.7. The standard InChI is InChI=1S/C41H47N5O2/c1-10-45-28(7)36(30-13-11-12-14-34(30)45)38-37(39(47)43-40(38)48)32-22-46(35-20-25(4)24(3)19-31(32)35)33-17-18-44(41(8,9)26(33)5)21-29-16-15-23(2)27(6)42-29/h11-16,19-20,22,26,33H,10,17-18,21H2,1-9H3,(H,43,47,48)/i22D/hD. The lowest BCUT2D eigenvalue weighted by Crippen LogP contribution is -2.55. The number of benzene rings is 2. The second-order valence-corrected chi connectivity index (χ2v) is 14.4. The largest absolute Gasteiger partial charge is 0.345 e. The third-order valence-electron chi connectivity index (χ3n) is 11.6. The maximum Gasteiger partial charge on any atom is 0.259 e. The molecule has 1 saturated heterocycles. The van der Waals surface area contributed by atoms with Gasteiger partial charge in [0.25, 0.3) is 11.8 Å². The number of carbonyl (C=O) groups is 2. The molecule has 2 unspecified atom stereocenters. The molecule has 7 heteroatoms. The van der Waals surface area contributed by atoms with Gasteiger partial charge >= 0.3 is 0 Å². The number of hydrogen-bond acceptors (Lipinski definition) is 4. The number of likely N-dealkylation sites (tertiary alicyclic amines) is 1. The molecule has 0 bridgehead atoms. The van der Waals surface area contributed by atoms with E-state index in [1.807, 2.05) is 38.1 Å². The van der Waals surface area contributed by atoms with E-state index in [2.05, 4.69) is 86.8 Å². The molecule has 5 aromatic rings. The van der Waals surface area contributed by atoms with Crippen LogP contribution in [0.4, 0.5) is 0 Å². The van der Waals surface area contributed by atoms with Gasteiger partial charge in [-0.25, -0.2) is 0 Å². The van der Waals surface area contributed by atoms with Crippen LogP contribution in [-0.4, -0.2) is 42.9 Å². The van der Waals surface area contributed by atoms with Crippen LogP contribution in [0.15, 0.2) is 54.7 Å². The molecule has 2 atom stereocenters. The Labute approximate surface area is 286 Å². The first-order chi connectivity index (χ1) is 23.7. The van der Waals surface area contributed by atoms with Gasteiger partial charge in [-0.1, -0.05) is 31.2 Å². The SMILES string of the molecule is [2H]c1c(C2=C(c3c(C)n(CC)c4ccccc34)C(=O)N([2H])C2=O)c2cc(C)c(C)cc2n1C1CCN(Cc2ccc(C)c(C)n2)C(C)(C)C1C. The molecule has 0 spiro atoms. The maximum atomic E-state index is 14.1. The van der Waals surface area contributed by atoms with Crippen molar-refractivity contribution in [1.82, 2.24) is 24.3 Å². The molecule has 2 aromatic carbocycles. The van der Waals surface area contributed by atoms with Crippen LogP contribution >= 0.6 is 0 Å². The molecular weight excluding hydrogens is 594 g/mol. The minimum absolute atomic E-state index is 0.0353. The summed E-state index contributed by atoms with van der Waals surface area (Å²) in [6.07, 6.45) is 1.02. The molecule has 0 aliphatic carbocycles. The molecule has 3 aromatic heterocycles. The number of rotatable bonds is 6. The molecule has 7 nitrogen and oxygen atoms in total. The average Bonchev–Trinajstić information content (AvgIpc) is 3.59. The van der Waals surface area contributed by atoms with E-state index < -0.39 is 11.8 Å². The quantitative estimate of drug-likeness (QED) is 0.191. The van der Waals surface area contributed by atoms with Gasteiger partial charge in [-0.3, -0.25) is 24.8 Å². The Morgan fingerprint density at radius 2 is 1.65 bits per heavy atom. The third-order valence-corrected chi connectivity index (χ3v) is 11.6. The van der Waals surface area contributed by atoms with Gasteiger partial charge in [-0.2, -0.15) is 0 Å². The van der Waals surface area contributed by atoms with Crippen LogP contribution in [0.5, 0.6) is 0 Å². The van der Waals surface area contributed by atoms with Gasteiger partial charge in [-0.05, 0) is 109 Å². The Balaban J connectivity index is 1.43. The summed E-state index contributed by atoms with van der Waals surface area (Å²) in [6.45, 7) is 21.4. The highest BCUT2D eigenvalue weighted by Gasteiger charge is 2.43. The Morgan fingerprint density at radius 3 is 2.38 bits per heavy atom. The van der Waals surface area contributed by atoms with E-state index in [-0.39, 0.29) is 34.8 Å². The number of piperidine rings is 1. The number of nitrogens with zero attached hydrogens (tertiary/aromatic N) is 4. The molecule has 0 saturated carbocycles. The highest BCUT2D eigenvalue weighted by Crippen LogP contribution is 2.46. The summed E-state index contributed by atoms with van der Waals surface area (Å²) >= 11 is 0. The van der Waals surface area contributed by atoms with Crippen LogP contribution in [0.2, 0.25) is 1.41 Å². The fraction of sp³-hybridized carbons (Fsp3) is 0.390. The van der Waals surface area contributed by atoms with E-state index in [0.29, 0.717) is 23.0 Å². The number of aromatic nitrogens is 3. The summed E-state index contributed by atoms with van der Waals surface area (Å²) in [5, 5.41) is 2.11. The molecular formula is C41H47N5O2. The number of aryl methyl sites for hydroxylation is 5. The first-order valence-corrected chi connectivity index (χ1v) is 17.2. The summed E-state index contributed by atoms with van der Waals surface area (Å²) in [6, 6.07) is 16.3. The van der Waals surface area contributed by atoms with E-state index in [4.69, 9.17) is 6.40 Å². The molecule has 0 radical (unpaired) electrons. The van der Waals surface area contributed by atoms with Crippen molar-refractivity contribution in [3.05, 3.63) is 99.6 Å². The highest BCUT2D eigenvalue weighted by molar-refractivity contribution is 6.51. The summed E-state index contributed by atoms with van der Waals surface area (Å²) in [5.41, 5.74) is 9.37. The fourth-order valence-electron chi connectivity index (χ4n) is 8.12. The molecule has 1 fully saturated rings. The zero-order chi connectivity index (χ0) is 36.0. The predicted molar refractivity (Wildman–Crippen MR) is 195 cm³/mol. The van der Waals surface area contributed by atoms with Crippen molar-refractivity contribution in [3.63, 3.8) is 0 Å². The van der Waals surface area contributed by atoms with Gasteiger partial charge in [0.1, 0.15) is 0 Å². The minimum Gasteiger partial charge on any atom is -0.345 e. The lowest BCUT2D eigenvalue weighted by Gasteiger charge is -2.51. The van der Waals surface area contributed by atoms with E-state index >= 15 is 0 Å². The number of pyridine rings is 1. The van der Waals surface area contributed by atoms with Crippen LogP contribution in [0.3, 0.4) is 0 Å². The van der Waals surface area contributed by atoms with E-state index in [0.717, 1.165) is 69.5 Å². The van der Waals surface area contributed by atoms with Crippen molar-refractivity contribution >= 4 is 44.8 Å². The monoisotopic (exact) mass is 643 g/mol.